The van der Waals surface area contributed by atoms with Crippen LogP contribution in [0.1, 0.15) is 17.2 Å². The summed E-state index contributed by atoms with van der Waals surface area (Å²) in [5.74, 6) is 0.840. The highest BCUT2D eigenvalue weighted by atomic mass is 16.5. The molecule has 0 bridgehead atoms. The third-order valence-corrected chi connectivity index (χ3v) is 7.02. The predicted molar refractivity (Wildman–Crippen MR) is 141 cm³/mol. The summed E-state index contributed by atoms with van der Waals surface area (Å²) >= 11 is 0. The molecule has 0 saturated heterocycles. The quantitative estimate of drug-likeness (QED) is 0.296. The number of aromatic nitrogens is 1. The topological polar surface area (TPSA) is 34.5 Å². The Hall–Kier alpha value is -4.31. The molecule has 4 heteroatoms. The van der Waals surface area contributed by atoms with Crippen molar-refractivity contribution in [2.24, 2.45) is 7.05 Å². The van der Waals surface area contributed by atoms with Crippen LogP contribution in [0.4, 0.5) is 0 Å². The Morgan fingerprint density at radius 3 is 2.40 bits per heavy atom. The molecule has 0 aliphatic carbocycles. The van der Waals surface area contributed by atoms with E-state index in [4.69, 9.17) is 4.74 Å². The van der Waals surface area contributed by atoms with Crippen molar-refractivity contribution in [3.05, 3.63) is 114 Å². The van der Waals surface area contributed by atoms with E-state index < -0.39 is 0 Å². The number of fused-ring (bicyclic) bond motifs is 2. The molecule has 1 aliphatic rings. The summed E-state index contributed by atoms with van der Waals surface area (Å²) < 4.78 is 7.56. The van der Waals surface area contributed by atoms with Gasteiger partial charge in [-0.1, -0.05) is 72.8 Å². The third kappa shape index (κ3) is 3.58. The van der Waals surface area contributed by atoms with Crippen LogP contribution in [-0.4, -0.2) is 22.5 Å². The number of aryl methyl sites for hydroxylation is 1. The van der Waals surface area contributed by atoms with Gasteiger partial charge in [-0.15, -0.1) is 0 Å². The molecule has 0 N–H and O–H groups in total. The average Bonchev–Trinajstić information content (AvgIpc) is 3.40. The van der Waals surface area contributed by atoms with Gasteiger partial charge < -0.3 is 14.2 Å². The minimum atomic E-state index is -0.155. The lowest BCUT2D eigenvalue weighted by Crippen LogP contribution is -2.28. The van der Waals surface area contributed by atoms with Crippen LogP contribution >= 0.6 is 0 Å². The summed E-state index contributed by atoms with van der Waals surface area (Å²) in [7, 11) is 3.78. The second kappa shape index (κ2) is 8.48. The van der Waals surface area contributed by atoms with E-state index in [1.807, 2.05) is 35.2 Å². The monoisotopic (exact) mass is 458 g/mol. The van der Waals surface area contributed by atoms with E-state index >= 15 is 0 Å². The van der Waals surface area contributed by atoms with Gasteiger partial charge in [-0.2, -0.15) is 0 Å². The molecule has 1 aliphatic heterocycles. The minimum Gasteiger partial charge on any atom is -0.497 e. The van der Waals surface area contributed by atoms with Gasteiger partial charge in [0.2, 0.25) is 5.91 Å². The first-order chi connectivity index (χ1) is 17.1. The summed E-state index contributed by atoms with van der Waals surface area (Å²) in [5, 5.41) is 3.59. The maximum absolute atomic E-state index is 13.1. The molecule has 172 valence electrons. The summed E-state index contributed by atoms with van der Waals surface area (Å²) in [6, 6.07) is 31.3. The number of ether oxygens (including phenoxy) is 1. The second-order valence-corrected chi connectivity index (χ2v) is 9.02. The third-order valence-electron chi connectivity index (χ3n) is 7.02. The number of methoxy groups -OCH3 is 1. The minimum absolute atomic E-state index is 0.0308. The fourth-order valence-corrected chi connectivity index (χ4v) is 5.27. The van der Waals surface area contributed by atoms with Crippen molar-refractivity contribution in [1.82, 2.24) is 9.47 Å². The molecular formula is C31H26N2O2. The van der Waals surface area contributed by atoms with E-state index in [-0.39, 0.29) is 11.9 Å². The van der Waals surface area contributed by atoms with Gasteiger partial charge in [-0.3, -0.25) is 4.79 Å². The summed E-state index contributed by atoms with van der Waals surface area (Å²) in [5.41, 5.74) is 5.67. The van der Waals surface area contributed by atoms with Gasteiger partial charge in [0.05, 0.1) is 18.8 Å². The average molecular weight is 459 g/mol. The van der Waals surface area contributed by atoms with E-state index in [1.54, 1.807) is 13.2 Å². The van der Waals surface area contributed by atoms with Gasteiger partial charge in [0.15, 0.2) is 0 Å². The first kappa shape index (κ1) is 21.2. The molecule has 0 fully saturated rings. The molecule has 35 heavy (non-hydrogen) atoms. The fraction of sp³-hybridized carbons (Fsp3) is 0.129. The van der Waals surface area contributed by atoms with Gasteiger partial charge in [0, 0.05) is 36.1 Å². The molecule has 6 rings (SSSR count). The molecule has 1 aromatic heterocycles. The number of benzene rings is 4. The fourth-order valence-electron chi connectivity index (χ4n) is 5.27. The highest BCUT2D eigenvalue weighted by Gasteiger charge is 2.32. The van der Waals surface area contributed by atoms with E-state index in [0.717, 1.165) is 33.7 Å². The van der Waals surface area contributed by atoms with Crippen LogP contribution in [0.25, 0.3) is 32.9 Å². The number of amides is 1. The van der Waals surface area contributed by atoms with Crippen molar-refractivity contribution in [3.63, 3.8) is 0 Å². The van der Waals surface area contributed by atoms with E-state index in [9.17, 15) is 4.79 Å². The highest BCUT2D eigenvalue weighted by Crippen LogP contribution is 2.42. The largest absolute Gasteiger partial charge is 0.497 e. The second-order valence-electron chi connectivity index (χ2n) is 9.02. The molecule has 0 spiro atoms. The SMILES string of the molecule is COc1ccc(CN2C(=O)C=C[C@@H]2c2c(-c3ccc4ccccc4c3)n(C)c3ccccc23)cc1. The van der Waals surface area contributed by atoms with Crippen LogP contribution in [0.5, 0.6) is 5.75 Å². The van der Waals surface area contributed by atoms with Crippen LogP contribution in [0, 0.1) is 0 Å². The lowest BCUT2D eigenvalue weighted by Gasteiger charge is -2.26. The summed E-state index contributed by atoms with van der Waals surface area (Å²) in [6.07, 6.45) is 3.75. The number of rotatable bonds is 5. The zero-order valence-corrected chi connectivity index (χ0v) is 19.8. The van der Waals surface area contributed by atoms with Crippen molar-refractivity contribution in [3.8, 4) is 17.0 Å². The Labute approximate surface area is 204 Å². The number of para-hydroxylation sites is 1. The number of hydrogen-bond donors (Lipinski definition) is 0. The van der Waals surface area contributed by atoms with Gasteiger partial charge in [-0.25, -0.2) is 0 Å². The van der Waals surface area contributed by atoms with Crippen molar-refractivity contribution >= 4 is 27.6 Å². The van der Waals surface area contributed by atoms with Gasteiger partial charge in [-0.05, 0) is 46.2 Å². The first-order valence-corrected chi connectivity index (χ1v) is 11.8. The Morgan fingerprint density at radius 2 is 1.60 bits per heavy atom. The standard InChI is InChI=1S/C31H26N2O2/c1-32-27-10-6-5-9-26(27)30(31(32)24-14-13-22-7-3-4-8-23(22)19-24)28-17-18-29(34)33(28)20-21-11-15-25(35-2)16-12-21/h3-19,28H,20H2,1-2H3/t28-/m1/s1. The van der Waals surface area contributed by atoms with E-state index in [0.29, 0.717) is 6.54 Å². The zero-order valence-electron chi connectivity index (χ0n) is 19.8. The molecule has 0 saturated carbocycles. The maximum Gasteiger partial charge on any atom is 0.247 e. The lowest BCUT2D eigenvalue weighted by molar-refractivity contribution is -0.126. The number of carbonyl (C=O) groups is 1. The predicted octanol–water partition coefficient (Wildman–Crippen LogP) is 6.65. The van der Waals surface area contributed by atoms with Crippen LogP contribution in [0.3, 0.4) is 0 Å². The van der Waals surface area contributed by atoms with Crippen molar-refractivity contribution in [2.45, 2.75) is 12.6 Å². The van der Waals surface area contributed by atoms with Gasteiger partial charge in [0.1, 0.15) is 5.75 Å². The van der Waals surface area contributed by atoms with Crippen molar-refractivity contribution in [1.29, 1.82) is 0 Å². The summed E-state index contributed by atoms with van der Waals surface area (Å²) in [6.45, 7) is 0.529. The smallest absolute Gasteiger partial charge is 0.247 e. The van der Waals surface area contributed by atoms with E-state index in [2.05, 4.69) is 78.3 Å². The van der Waals surface area contributed by atoms with Gasteiger partial charge in [0.25, 0.3) is 0 Å². The summed E-state index contributed by atoms with van der Waals surface area (Å²) in [4.78, 5) is 15.0. The molecule has 1 amide bonds. The number of hydrogen-bond acceptors (Lipinski definition) is 2. The Bertz CT molecular complexity index is 1590. The molecule has 0 unspecified atom stereocenters. The molecule has 4 aromatic carbocycles. The van der Waals surface area contributed by atoms with Crippen LogP contribution in [0.2, 0.25) is 0 Å². The van der Waals surface area contributed by atoms with Crippen molar-refractivity contribution in [2.75, 3.05) is 7.11 Å². The number of nitrogens with zero attached hydrogens (tertiary/aromatic N) is 2. The molecular weight excluding hydrogens is 432 g/mol. The zero-order chi connectivity index (χ0) is 23.9. The van der Waals surface area contributed by atoms with Crippen LogP contribution < -0.4 is 4.74 Å². The molecule has 4 nitrogen and oxygen atoms in total. The Morgan fingerprint density at radius 1 is 0.857 bits per heavy atom. The maximum atomic E-state index is 13.1. The molecule has 1 atom stereocenters. The normalized spacial score (nSPS) is 15.4. The van der Waals surface area contributed by atoms with Gasteiger partial charge >= 0.3 is 0 Å². The molecule has 2 heterocycles. The number of carbonyl (C=O) groups excluding carboxylic acids is 1. The Balaban J connectivity index is 1.50. The molecule has 0 radical (unpaired) electrons. The van der Waals surface area contributed by atoms with Crippen LogP contribution in [-0.2, 0) is 18.4 Å². The Kier molecular flexibility index (Phi) is 5.14. The first-order valence-electron chi connectivity index (χ1n) is 11.8. The van der Waals surface area contributed by atoms with E-state index in [1.165, 1.54) is 16.2 Å². The molecule has 5 aromatic rings. The van der Waals surface area contributed by atoms with Crippen molar-refractivity contribution < 1.29 is 9.53 Å². The van der Waals surface area contributed by atoms with Crippen LogP contribution in [0.15, 0.2) is 103 Å². The highest BCUT2D eigenvalue weighted by molar-refractivity contribution is 5.98. The lowest BCUT2D eigenvalue weighted by atomic mass is 9.96.